The molecule has 0 bridgehead atoms. The van der Waals surface area contributed by atoms with Crippen molar-refractivity contribution in [3.05, 3.63) is 6.92 Å². The molecule has 0 heterocycles. The van der Waals surface area contributed by atoms with Crippen LogP contribution in [0.25, 0.3) is 0 Å². The third kappa shape index (κ3) is 4.97. The van der Waals surface area contributed by atoms with Gasteiger partial charge in [0, 0.05) is 0 Å². The van der Waals surface area contributed by atoms with Gasteiger partial charge >= 0.3 is 23.1 Å². The molecule has 2 heteroatoms. The Morgan fingerprint density at radius 3 is 1.90 bits per heavy atom. The Morgan fingerprint density at radius 2 is 1.60 bits per heavy atom. The van der Waals surface area contributed by atoms with Crippen LogP contribution in [0.1, 0.15) is 38.5 Å². The summed E-state index contributed by atoms with van der Waals surface area (Å²) in [5.74, 6) is 0.976. The Labute approximate surface area is 91.1 Å². The monoisotopic (exact) mass is 214 g/mol. The first-order valence-electron chi connectivity index (χ1n) is 3.72. The molecule has 0 aromatic rings. The fraction of sp³-hybridized carbons (Fsp3) is 0.875. The Balaban J connectivity index is 0. The van der Waals surface area contributed by atoms with E-state index in [1.807, 2.05) is 0 Å². The van der Waals surface area contributed by atoms with Gasteiger partial charge in [0.2, 0.25) is 0 Å². The zero-order valence-corrected chi connectivity index (χ0v) is 9.61. The Bertz CT molecular complexity index is 60.3. The van der Waals surface area contributed by atoms with E-state index in [-0.39, 0.29) is 40.0 Å². The van der Waals surface area contributed by atoms with Crippen molar-refractivity contribution in [3.8, 4) is 0 Å². The third-order valence-corrected chi connectivity index (χ3v) is 2.13. The minimum atomic E-state index is 0. The molecule has 0 amide bonds. The number of halogens is 1. The summed E-state index contributed by atoms with van der Waals surface area (Å²) in [5, 5.41) is 0. The summed E-state index contributed by atoms with van der Waals surface area (Å²) in [5.41, 5.74) is 0. The van der Waals surface area contributed by atoms with Crippen LogP contribution in [0.15, 0.2) is 0 Å². The molecule has 0 atom stereocenters. The van der Waals surface area contributed by atoms with Gasteiger partial charge in [0.25, 0.3) is 0 Å². The van der Waals surface area contributed by atoms with Crippen LogP contribution in [0.5, 0.6) is 0 Å². The molecule has 0 saturated heterocycles. The summed E-state index contributed by atoms with van der Waals surface area (Å²) in [6.07, 6.45) is 8.45. The van der Waals surface area contributed by atoms with E-state index in [1.165, 1.54) is 38.5 Å². The maximum atomic E-state index is 3.91. The molecular weight excluding hydrogens is 200 g/mol. The molecule has 10 heavy (non-hydrogen) atoms. The fourth-order valence-corrected chi connectivity index (χ4v) is 1.48. The van der Waals surface area contributed by atoms with Crippen LogP contribution in [0.4, 0.5) is 0 Å². The van der Waals surface area contributed by atoms with Gasteiger partial charge < -0.3 is 23.9 Å². The molecule has 1 aliphatic carbocycles. The SMILES string of the molecule is [Br-].[CH2-]CC1CCCCC1.[Mg+2]. The summed E-state index contributed by atoms with van der Waals surface area (Å²) >= 11 is 0. The van der Waals surface area contributed by atoms with Crippen molar-refractivity contribution >= 4 is 23.1 Å². The molecule has 0 aliphatic heterocycles. The first-order valence-corrected chi connectivity index (χ1v) is 3.72. The summed E-state index contributed by atoms with van der Waals surface area (Å²) in [6.45, 7) is 3.91. The van der Waals surface area contributed by atoms with Gasteiger partial charge in [-0.3, -0.25) is 0 Å². The average Bonchev–Trinajstić information content (AvgIpc) is 1.90. The standard InChI is InChI=1S/C8H15.BrH.Mg/c1-2-8-6-4-3-5-7-8;;/h8H,1-7H2;1H;/q-1;;+2/p-1. The van der Waals surface area contributed by atoms with Gasteiger partial charge in [0.05, 0.1) is 0 Å². The zero-order chi connectivity index (χ0) is 5.82. The first kappa shape index (κ1) is 13.8. The maximum Gasteiger partial charge on any atom is 2.00 e. The first-order chi connectivity index (χ1) is 3.93. The second kappa shape index (κ2) is 8.34. The van der Waals surface area contributed by atoms with E-state index in [2.05, 4.69) is 6.92 Å². The fourth-order valence-electron chi connectivity index (χ4n) is 1.48. The molecule has 1 fully saturated rings. The molecule has 0 aromatic heterocycles. The zero-order valence-electron chi connectivity index (χ0n) is 6.61. The van der Waals surface area contributed by atoms with Crippen molar-refractivity contribution < 1.29 is 17.0 Å². The van der Waals surface area contributed by atoms with Crippen LogP contribution in [0, 0.1) is 12.8 Å². The second-order valence-corrected chi connectivity index (χ2v) is 2.79. The molecule has 0 aromatic carbocycles. The molecule has 1 rings (SSSR count). The topological polar surface area (TPSA) is 0 Å². The summed E-state index contributed by atoms with van der Waals surface area (Å²) < 4.78 is 0. The Morgan fingerprint density at radius 1 is 1.10 bits per heavy atom. The van der Waals surface area contributed by atoms with Crippen molar-refractivity contribution in [1.82, 2.24) is 0 Å². The maximum absolute atomic E-state index is 3.91. The van der Waals surface area contributed by atoms with Gasteiger partial charge in [-0.1, -0.05) is 38.0 Å². The van der Waals surface area contributed by atoms with E-state index in [9.17, 15) is 0 Å². The van der Waals surface area contributed by atoms with E-state index in [0.29, 0.717) is 0 Å². The predicted octanol–water partition coefficient (Wildman–Crippen LogP) is -0.586. The van der Waals surface area contributed by atoms with Crippen LogP contribution in [-0.2, 0) is 0 Å². The minimum Gasteiger partial charge on any atom is -1.00 e. The van der Waals surface area contributed by atoms with E-state index >= 15 is 0 Å². The number of hydrogen-bond acceptors (Lipinski definition) is 0. The summed E-state index contributed by atoms with van der Waals surface area (Å²) in [4.78, 5) is 0. The van der Waals surface area contributed by atoms with Crippen LogP contribution < -0.4 is 17.0 Å². The van der Waals surface area contributed by atoms with Crippen LogP contribution in [0.2, 0.25) is 0 Å². The molecule has 1 saturated carbocycles. The van der Waals surface area contributed by atoms with Gasteiger partial charge in [-0.2, -0.15) is 6.42 Å². The van der Waals surface area contributed by atoms with Crippen molar-refractivity contribution in [2.45, 2.75) is 38.5 Å². The summed E-state index contributed by atoms with van der Waals surface area (Å²) in [6, 6.07) is 0. The molecule has 56 valence electrons. The molecule has 0 radical (unpaired) electrons. The van der Waals surface area contributed by atoms with Crippen LogP contribution >= 0.6 is 0 Å². The quantitative estimate of drug-likeness (QED) is 0.405. The molecule has 1 aliphatic rings. The van der Waals surface area contributed by atoms with Gasteiger partial charge in [0.1, 0.15) is 0 Å². The molecule has 0 spiro atoms. The van der Waals surface area contributed by atoms with Gasteiger partial charge in [-0.05, 0) is 0 Å². The Hall–Kier alpha value is 1.25. The van der Waals surface area contributed by atoms with E-state index in [4.69, 9.17) is 0 Å². The van der Waals surface area contributed by atoms with Crippen molar-refractivity contribution in [2.24, 2.45) is 5.92 Å². The molecule has 0 N–H and O–H groups in total. The van der Waals surface area contributed by atoms with Gasteiger partial charge in [0.15, 0.2) is 0 Å². The van der Waals surface area contributed by atoms with Crippen molar-refractivity contribution in [3.63, 3.8) is 0 Å². The predicted molar refractivity (Wildman–Crippen MR) is 42.3 cm³/mol. The molecular formula is C8H15BrMg. The van der Waals surface area contributed by atoms with Crippen molar-refractivity contribution in [1.29, 1.82) is 0 Å². The smallest absolute Gasteiger partial charge is 1.00 e. The van der Waals surface area contributed by atoms with Crippen molar-refractivity contribution in [2.75, 3.05) is 0 Å². The van der Waals surface area contributed by atoms with Crippen LogP contribution in [-0.4, -0.2) is 23.1 Å². The molecule has 0 unspecified atom stereocenters. The third-order valence-electron chi connectivity index (χ3n) is 2.13. The van der Waals surface area contributed by atoms with E-state index < -0.39 is 0 Å². The number of hydrogen-bond donors (Lipinski definition) is 0. The minimum absolute atomic E-state index is 0. The van der Waals surface area contributed by atoms with E-state index in [1.54, 1.807) is 0 Å². The summed E-state index contributed by atoms with van der Waals surface area (Å²) in [7, 11) is 0. The average molecular weight is 215 g/mol. The second-order valence-electron chi connectivity index (χ2n) is 2.79. The normalized spacial score (nSPS) is 18.9. The molecule has 0 nitrogen and oxygen atoms in total. The van der Waals surface area contributed by atoms with E-state index in [0.717, 1.165) is 5.92 Å². The number of rotatable bonds is 1. The van der Waals surface area contributed by atoms with Gasteiger partial charge in [-0.15, -0.1) is 0 Å². The largest absolute Gasteiger partial charge is 2.00 e. The Kier molecular flexibility index (Phi) is 11.5. The van der Waals surface area contributed by atoms with Gasteiger partial charge in [-0.25, -0.2) is 0 Å². The van der Waals surface area contributed by atoms with Crippen LogP contribution in [0.3, 0.4) is 0 Å².